The van der Waals surface area contributed by atoms with Gasteiger partial charge >= 0.3 is 0 Å². The molecule has 130 valence electrons. The van der Waals surface area contributed by atoms with Crippen molar-refractivity contribution >= 4 is 44.0 Å². The number of aromatic nitrogens is 2. The second-order valence-corrected chi connectivity index (χ2v) is 7.40. The highest BCUT2D eigenvalue weighted by Gasteiger charge is 2.28. The zero-order valence-corrected chi connectivity index (χ0v) is 14.9. The third kappa shape index (κ3) is 1.69. The second kappa shape index (κ2) is 4.96. The fourth-order valence-corrected chi connectivity index (χ4v) is 4.67. The first-order valence-corrected chi connectivity index (χ1v) is 9.49. The Morgan fingerprint density at radius 1 is 0.714 bits per heavy atom. The van der Waals surface area contributed by atoms with E-state index < -0.39 is 0 Å². The van der Waals surface area contributed by atoms with Crippen molar-refractivity contribution in [2.45, 2.75) is 6.42 Å². The number of fused-ring (bicyclic) bond motifs is 11. The standard InChI is InChI=1S/C25H14N2O/c1-2-8-15-14(7-1)13-17-21(15)23-24(27-19-11-5-4-10-18(19)26-23)22-16-9-3-6-12-20(16)28-25(17)22/h1-12H,13H2. The second-order valence-electron chi connectivity index (χ2n) is 7.40. The fourth-order valence-electron chi connectivity index (χ4n) is 4.67. The van der Waals surface area contributed by atoms with Crippen LogP contribution in [0.5, 0.6) is 0 Å². The summed E-state index contributed by atoms with van der Waals surface area (Å²) in [7, 11) is 0. The molecule has 4 aromatic carbocycles. The first kappa shape index (κ1) is 14.4. The lowest BCUT2D eigenvalue weighted by Crippen LogP contribution is -1.93. The van der Waals surface area contributed by atoms with E-state index in [-0.39, 0.29) is 0 Å². The van der Waals surface area contributed by atoms with Gasteiger partial charge in [-0.25, -0.2) is 9.97 Å². The summed E-state index contributed by atoms with van der Waals surface area (Å²) in [5, 5.41) is 2.18. The SMILES string of the molecule is c1ccc2c(c1)Cc1c-2c2nc3ccccc3nc2c2c1oc1ccccc12. The van der Waals surface area contributed by atoms with Crippen LogP contribution in [0, 0.1) is 0 Å². The zero-order chi connectivity index (χ0) is 18.2. The zero-order valence-electron chi connectivity index (χ0n) is 14.9. The van der Waals surface area contributed by atoms with Crippen LogP contribution in [0.15, 0.2) is 77.2 Å². The van der Waals surface area contributed by atoms with Gasteiger partial charge in [-0.3, -0.25) is 0 Å². The van der Waals surface area contributed by atoms with Gasteiger partial charge < -0.3 is 4.42 Å². The Morgan fingerprint density at radius 3 is 2.32 bits per heavy atom. The molecule has 0 bridgehead atoms. The van der Waals surface area contributed by atoms with Gasteiger partial charge in [0.1, 0.15) is 16.7 Å². The van der Waals surface area contributed by atoms with Crippen molar-refractivity contribution in [3.05, 3.63) is 83.9 Å². The van der Waals surface area contributed by atoms with E-state index >= 15 is 0 Å². The van der Waals surface area contributed by atoms with E-state index in [4.69, 9.17) is 14.4 Å². The summed E-state index contributed by atoms with van der Waals surface area (Å²) in [6, 6.07) is 24.9. The van der Waals surface area contributed by atoms with Gasteiger partial charge in [0.25, 0.3) is 0 Å². The predicted molar refractivity (Wildman–Crippen MR) is 113 cm³/mol. The Hall–Kier alpha value is -3.72. The van der Waals surface area contributed by atoms with Crippen molar-refractivity contribution in [1.82, 2.24) is 9.97 Å². The van der Waals surface area contributed by atoms with Crippen LogP contribution in [0.3, 0.4) is 0 Å². The van der Waals surface area contributed by atoms with Gasteiger partial charge in [-0.05, 0) is 29.3 Å². The summed E-state index contributed by atoms with van der Waals surface area (Å²) in [6.45, 7) is 0. The Morgan fingerprint density at radius 2 is 1.43 bits per heavy atom. The number of nitrogens with zero attached hydrogens (tertiary/aromatic N) is 2. The highest BCUT2D eigenvalue weighted by atomic mass is 16.3. The maximum Gasteiger partial charge on any atom is 0.141 e. The molecule has 0 amide bonds. The average molecular weight is 358 g/mol. The van der Waals surface area contributed by atoms with Gasteiger partial charge in [-0.15, -0.1) is 0 Å². The number of hydrogen-bond donors (Lipinski definition) is 0. The molecule has 0 atom stereocenters. The lowest BCUT2D eigenvalue weighted by Gasteiger charge is -2.09. The molecule has 2 heterocycles. The molecule has 0 fully saturated rings. The highest BCUT2D eigenvalue weighted by Crippen LogP contribution is 2.47. The lowest BCUT2D eigenvalue weighted by molar-refractivity contribution is 0.665. The first-order chi connectivity index (χ1) is 13.9. The maximum atomic E-state index is 6.38. The quantitative estimate of drug-likeness (QED) is 0.301. The molecule has 0 unspecified atom stereocenters. The largest absolute Gasteiger partial charge is 0.456 e. The highest BCUT2D eigenvalue weighted by molar-refractivity contribution is 6.22. The molecule has 7 rings (SSSR count). The smallest absolute Gasteiger partial charge is 0.141 e. The minimum absolute atomic E-state index is 0.867. The van der Waals surface area contributed by atoms with Crippen LogP contribution in [-0.2, 0) is 6.42 Å². The van der Waals surface area contributed by atoms with Crippen LogP contribution in [-0.4, -0.2) is 9.97 Å². The molecule has 0 N–H and O–H groups in total. The molecule has 0 saturated heterocycles. The molecule has 6 aromatic rings. The van der Waals surface area contributed by atoms with Crippen molar-refractivity contribution in [2.24, 2.45) is 0 Å². The van der Waals surface area contributed by atoms with Gasteiger partial charge in [-0.1, -0.05) is 54.6 Å². The van der Waals surface area contributed by atoms with E-state index in [0.29, 0.717) is 0 Å². The monoisotopic (exact) mass is 358 g/mol. The van der Waals surface area contributed by atoms with Crippen molar-refractivity contribution in [3.63, 3.8) is 0 Å². The summed E-state index contributed by atoms with van der Waals surface area (Å²) in [5.74, 6) is 0. The maximum absolute atomic E-state index is 6.38. The normalized spacial score (nSPS) is 12.9. The van der Waals surface area contributed by atoms with E-state index in [9.17, 15) is 0 Å². The topological polar surface area (TPSA) is 38.9 Å². The van der Waals surface area contributed by atoms with Crippen LogP contribution >= 0.6 is 0 Å². The van der Waals surface area contributed by atoms with Crippen LogP contribution in [0.1, 0.15) is 11.1 Å². The summed E-state index contributed by atoms with van der Waals surface area (Å²) >= 11 is 0. The van der Waals surface area contributed by atoms with Gasteiger partial charge in [0.2, 0.25) is 0 Å². The Kier molecular flexibility index (Phi) is 2.54. The molecule has 1 aliphatic carbocycles. The summed E-state index contributed by atoms with van der Waals surface area (Å²) in [5.41, 5.74) is 10.5. The molecule has 0 radical (unpaired) electrons. The molecule has 3 nitrogen and oxygen atoms in total. The number of benzene rings is 4. The number of para-hydroxylation sites is 3. The Balaban J connectivity index is 1.81. The number of rotatable bonds is 0. The van der Waals surface area contributed by atoms with Crippen molar-refractivity contribution < 1.29 is 4.42 Å². The summed E-state index contributed by atoms with van der Waals surface area (Å²) < 4.78 is 6.38. The van der Waals surface area contributed by atoms with E-state index in [2.05, 4.69) is 36.4 Å². The Bertz CT molecular complexity index is 1590. The molecule has 0 saturated carbocycles. The third-order valence-electron chi connectivity index (χ3n) is 5.87. The van der Waals surface area contributed by atoms with Gasteiger partial charge in [0.05, 0.1) is 21.9 Å². The van der Waals surface area contributed by atoms with Crippen molar-refractivity contribution in [3.8, 4) is 11.1 Å². The molecule has 0 aliphatic heterocycles. The lowest BCUT2D eigenvalue weighted by atomic mass is 9.99. The van der Waals surface area contributed by atoms with Gasteiger partial charge in [0.15, 0.2) is 0 Å². The molecular weight excluding hydrogens is 344 g/mol. The number of hydrogen-bond acceptors (Lipinski definition) is 3. The predicted octanol–water partition coefficient (Wildman–Crippen LogP) is 6.25. The summed E-state index contributed by atoms with van der Waals surface area (Å²) in [6.07, 6.45) is 0.867. The van der Waals surface area contributed by atoms with E-state index in [1.165, 1.54) is 22.3 Å². The fraction of sp³-hybridized carbons (Fsp3) is 0.0400. The average Bonchev–Trinajstić information content (AvgIpc) is 3.32. The molecule has 28 heavy (non-hydrogen) atoms. The minimum atomic E-state index is 0.867. The number of furan rings is 1. The van der Waals surface area contributed by atoms with Gasteiger partial charge in [-0.2, -0.15) is 0 Å². The summed E-state index contributed by atoms with van der Waals surface area (Å²) in [4.78, 5) is 10.1. The first-order valence-electron chi connectivity index (χ1n) is 9.49. The molecular formula is C25H14N2O. The van der Waals surface area contributed by atoms with Crippen molar-refractivity contribution in [2.75, 3.05) is 0 Å². The van der Waals surface area contributed by atoms with Crippen LogP contribution in [0.2, 0.25) is 0 Å². The molecule has 1 aliphatic rings. The van der Waals surface area contributed by atoms with E-state index in [0.717, 1.165) is 50.4 Å². The molecule has 2 aromatic heterocycles. The van der Waals surface area contributed by atoms with E-state index in [1.54, 1.807) is 0 Å². The van der Waals surface area contributed by atoms with Crippen molar-refractivity contribution in [1.29, 1.82) is 0 Å². The van der Waals surface area contributed by atoms with Crippen LogP contribution < -0.4 is 0 Å². The Labute approximate surface area is 160 Å². The van der Waals surface area contributed by atoms with Crippen LogP contribution in [0.4, 0.5) is 0 Å². The third-order valence-corrected chi connectivity index (χ3v) is 5.87. The van der Waals surface area contributed by atoms with Crippen LogP contribution in [0.25, 0.3) is 55.1 Å². The van der Waals surface area contributed by atoms with Gasteiger partial charge in [0, 0.05) is 22.9 Å². The molecule has 3 heteroatoms. The molecule has 0 spiro atoms. The minimum Gasteiger partial charge on any atom is -0.456 e. The van der Waals surface area contributed by atoms with E-state index in [1.807, 2.05) is 36.4 Å².